The summed E-state index contributed by atoms with van der Waals surface area (Å²) in [6.45, 7) is 1.50. The van der Waals surface area contributed by atoms with E-state index in [1.165, 1.54) is 13.0 Å². The molecule has 1 aromatic heterocycles. The first kappa shape index (κ1) is 11.3. The SMILES string of the molecule is Cc1cc(I)nc(C(N)=O)c1C(F)F. The molecule has 0 saturated heterocycles. The van der Waals surface area contributed by atoms with Crippen LogP contribution in [-0.2, 0) is 0 Å². The summed E-state index contributed by atoms with van der Waals surface area (Å²) in [5, 5.41) is 0. The van der Waals surface area contributed by atoms with Crippen molar-refractivity contribution in [3.8, 4) is 0 Å². The summed E-state index contributed by atoms with van der Waals surface area (Å²) >= 11 is 1.84. The van der Waals surface area contributed by atoms with Crippen LogP contribution in [0.5, 0.6) is 0 Å². The number of hydrogen-bond acceptors (Lipinski definition) is 2. The fourth-order valence-electron chi connectivity index (χ4n) is 1.11. The van der Waals surface area contributed by atoms with E-state index in [2.05, 4.69) is 4.98 Å². The highest BCUT2D eigenvalue weighted by Crippen LogP contribution is 2.26. The predicted octanol–water partition coefficient (Wildman–Crippen LogP) is 2.03. The van der Waals surface area contributed by atoms with Crippen LogP contribution < -0.4 is 5.73 Å². The van der Waals surface area contributed by atoms with Crippen molar-refractivity contribution in [1.29, 1.82) is 0 Å². The van der Waals surface area contributed by atoms with Crippen LogP contribution in [0.15, 0.2) is 6.07 Å². The maximum atomic E-state index is 12.5. The third-order valence-electron chi connectivity index (χ3n) is 1.69. The molecular formula is C8H7F2IN2O. The molecule has 0 aliphatic carbocycles. The molecule has 0 unspecified atom stereocenters. The van der Waals surface area contributed by atoms with Crippen molar-refractivity contribution in [3.05, 3.63) is 26.6 Å². The predicted molar refractivity (Wildman–Crippen MR) is 55.2 cm³/mol. The first-order chi connectivity index (χ1) is 6.43. The molecule has 0 bridgehead atoms. The second kappa shape index (κ2) is 4.16. The smallest absolute Gasteiger partial charge is 0.267 e. The van der Waals surface area contributed by atoms with Gasteiger partial charge < -0.3 is 5.73 Å². The van der Waals surface area contributed by atoms with Crippen molar-refractivity contribution in [2.45, 2.75) is 13.3 Å². The van der Waals surface area contributed by atoms with Gasteiger partial charge in [-0.05, 0) is 41.1 Å². The van der Waals surface area contributed by atoms with Crippen LogP contribution in [0.2, 0.25) is 0 Å². The van der Waals surface area contributed by atoms with E-state index in [0.29, 0.717) is 9.26 Å². The zero-order chi connectivity index (χ0) is 10.9. The van der Waals surface area contributed by atoms with Gasteiger partial charge in [-0.3, -0.25) is 4.79 Å². The molecule has 0 aromatic carbocycles. The summed E-state index contributed by atoms with van der Waals surface area (Å²) < 4.78 is 25.5. The van der Waals surface area contributed by atoms with Crippen molar-refractivity contribution < 1.29 is 13.6 Å². The summed E-state index contributed by atoms with van der Waals surface area (Å²) in [6, 6.07) is 1.48. The number of primary amides is 1. The van der Waals surface area contributed by atoms with Gasteiger partial charge >= 0.3 is 0 Å². The Bertz CT molecular complexity index is 382. The average molecular weight is 312 g/mol. The number of aromatic nitrogens is 1. The minimum atomic E-state index is -2.73. The van der Waals surface area contributed by atoms with E-state index in [9.17, 15) is 13.6 Å². The molecular weight excluding hydrogens is 305 g/mol. The zero-order valence-electron chi connectivity index (χ0n) is 7.22. The number of nitrogens with zero attached hydrogens (tertiary/aromatic N) is 1. The van der Waals surface area contributed by atoms with Crippen LogP contribution in [0.25, 0.3) is 0 Å². The molecule has 0 aliphatic heterocycles. The molecule has 0 aliphatic rings. The van der Waals surface area contributed by atoms with Gasteiger partial charge in [0.1, 0.15) is 9.39 Å². The molecule has 2 N–H and O–H groups in total. The van der Waals surface area contributed by atoms with Crippen LogP contribution in [0, 0.1) is 10.6 Å². The van der Waals surface area contributed by atoms with Gasteiger partial charge in [0, 0.05) is 0 Å². The Balaban J connectivity index is 3.44. The van der Waals surface area contributed by atoms with E-state index in [4.69, 9.17) is 5.73 Å². The van der Waals surface area contributed by atoms with Crippen molar-refractivity contribution in [3.63, 3.8) is 0 Å². The zero-order valence-corrected chi connectivity index (χ0v) is 9.38. The second-order valence-electron chi connectivity index (χ2n) is 2.69. The highest BCUT2D eigenvalue weighted by atomic mass is 127. The molecule has 1 aromatic rings. The van der Waals surface area contributed by atoms with Gasteiger partial charge in [0.25, 0.3) is 12.3 Å². The minimum Gasteiger partial charge on any atom is -0.364 e. The van der Waals surface area contributed by atoms with E-state index in [1.54, 1.807) is 0 Å². The molecule has 0 saturated carbocycles. The maximum Gasteiger partial charge on any atom is 0.267 e. The van der Waals surface area contributed by atoms with E-state index < -0.39 is 12.3 Å². The lowest BCUT2D eigenvalue weighted by Gasteiger charge is -2.08. The first-order valence-electron chi connectivity index (χ1n) is 3.68. The Labute approximate surface area is 92.8 Å². The van der Waals surface area contributed by atoms with E-state index in [-0.39, 0.29) is 11.3 Å². The normalized spacial score (nSPS) is 10.6. The van der Waals surface area contributed by atoms with Crippen LogP contribution in [-0.4, -0.2) is 10.9 Å². The van der Waals surface area contributed by atoms with Gasteiger partial charge in [0.15, 0.2) is 0 Å². The molecule has 1 heterocycles. The van der Waals surface area contributed by atoms with Gasteiger partial charge in [-0.1, -0.05) is 0 Å². The summed E-state index contributed by atoms with van der Waals surface area (Å²) in [4.78, 5) is 14.5. The lowest BCUT2D eigenvalue weighted by atomic mass is 10.1. The number of halogens is 3. The Kier molecular flexibility index (Phi) is 3.35. The van der Waals surface area contributed by atoms with Crippen molar-refractivity contribution in [2.24, 2.45) is 5.73 Å². The van der Waals surface area contributed by atoms with Gasteiger partial charge in [-0.25, -0.2) is 13.8 Å². The van der Waals surface area contributed by atoms with Crippen LogP contribution >= 0.6 is 22.6 Å². The number of carbonyl (C=O) groups excluding carboxylic acids is 1. The lowest BCUT2D eigenvalue weighted by Crippen LogP contribution is -2.17. The monoisotopic (exact) mass is 312 g/mol. The van der Waals surface area contributed by atoms with E-state index >= 15 is 0 Å². The highest BCUT2D eigenvalue weighted by Gasteiger charge is 2.21. The Morgan fingerprint density at radius 2 is 2.21 bits per heavy atom. The topological polar surface area (TPSA) is 56.0 Å². The lowest BCUT2D eigenvalue weighted by molar-refractivity contribution is 0.0979. The summed E-state index contributed by atoms with van der Waals surface area (Å²) in [5.74, 6) is -0.929. The van der Waals surface area contributed by atoms with Crippen molar-refractivity contribution in [2.75, 3.05) is 0 Å². The number of carbonyl (C=O) groups is 1. The summed E-state index contributed by atoms with van der Waals surface area (Å²) in [5.41, 5.74) is 4.56. The summed E-state index contributed by atoms with van der Waals surface area (Å²) in [7, 11) is 0. The number of alkyl halides is 2. The minimum absolute atomic E-state index is 0.327. The Morgan fingerprint density at radius 1 is 1.64 bits per heavy atom. The molecule has 1 amide bonds. The molecule has 0 radical (unpaired) electrons. The largest absolute Gasteiger partial charge is 0.364 e. The maximum absolute atomic E-state index is 12.5. The molecule has 76 valence electrons. The molecule has 0 atom stereocenters. The van der Waals surface area contributed by atoms with Crippen LogP contribution in [0.4, 0.5) is 8.78 Å². The fourth-order valence-corrected chi connectivity index (χ4v) is 1.81. The molecule has 1 rings (SSSR count). The van der Waals surface area contributed by atoms with E-state index in [0.717, 1.165) is 0 Å². The van der Waals surface area contributed by atoms with Crippen LogP contribution in [0.3, 0.4) is 0 Å². The Hall–Kier alpha value is -0.790. The summed E-state index contributed by atoms with van der Waals surface area (Å²) in [6.07, 6.45) is -2.73. The number of hydrogen-bond donors (Lipinski definition) is 1. The van der Waals surface area contributed by atoms with E-state index in [1.807, 2.05) is 22.6 Å². The van der Waals surface area contributed by atoms with Gasteiger partial charge in [0.05, 0.1) is 5.56 Å². The fraction of sp³-hybridized carbons (Fsp3) is 0.250. The average Bonchev–Trinajstić information content (AvgIpc) is 2.01. The number of amides is 1. The van der Waals surface area contributed by atoms with Gasteiger partial charge in [0.2, 0.25) is 0 Å². The van der Waals surface area contributed by atoms with Crippen LogP contribution in [0.1, 0.15) is 28.0 Å². The molecule has 14 heavy (non-hydrogen) atoms. The van der Waals surface area contributed by atoms with Gasteiger partial charge in [-0.15, -0.1) is 0 Å². The van der Waals surface area contributed by atoms with Crippen molar-refractivity contribution >= 4 is 28.5 Å². The molecule has 0 fully saturated rings. The molecule has 0 spiro atoms. The highest BCUT2D eigenvalue weighted by molar-refractivity contribution is 14.1. The quantitative estimate of drug-likeness (QED) is 0.671. The molecule has 3 nitrogen and oxygen atoms in total. The number of rotatable bonds is 2. The van der Waals surface area contributed by atoms with Crippen molar-refractivity contribution in [1.82, 2.24) is 4.98 Å². The third-order valence-corrected chi connectivity index (χ3v) is 2.24. The standard InChI is InChI=1S/C8H7F2IN2O/c1-3-2-4(11)13-6(8(12)14)5(3)7(9)10/h2,7H,1H3,(H2,12,14). The number of pyridine rings is 1. The first-order valence-corrected chi connectivity index (χ1v) is 4.76. The number of aryl methyl sites for hydroxylation is 1. The molecule has 6 heteroatoms. The Morgan fingerprint density at radius 3 is 2.64 bits per heavy atom. The second-order valence-corrected chi connectivity index (χ2v) is 3.79. The number of nitrogens with two attached hydrogens (primary N) is 1. The third kappa shape index (κ3) is 2.17. The van der Waals surface area contributed by atoms with Gasteiger partial charge in [-0.2, -0.15) is 0 Å².